The third kappa shape index (κ3) is 1.68. The molecule has 0 N–H and O–H groups in total. The minimum absolute atomic E-state index is 0.325. The first-order valence-corrected chi connectivity index (χ1v) is 5.80. The van der Waals surface area contributed by atoms with Gasteiger partial charge in [0.1, 0.15) is 5.76 Å². The van der Waals surface area contributed by atoms with Crippen molar-refractivity contribution in [3.8, 4) is 0 Å². The summed E-state index contributed by atoms with van der Waals surface area (Å²) in [4.78, 5) is 23.0. The van der Waals surface area contributed by atoms with Gasteiger partial charge in [0.25, 0.3) is 0 Å². The van der Waals surface area contributed by atoms with Crippen LogP contribution in [0.3, 0.4) is 0 Å². The molecule has 18 heavy (non-hydrogen) atoms. The molecule has 4 nitrogen and oxygen atoms in total. The number of cyclic esters (lactones) is 2. The van der Waals surface area contributed by atoms with Crippen LogP contribution >= 0.6 is 0 Å². The van der Waals surface area contributed by atoms with Gasteiger partial charge in [-0.1, -0.05) is 0 Å². The van der Waals surface area contributed by atoms with Crippen molar-refractivity contribution in [2.24, 2.45) is 0 Å². The number of carbonyl (C=O) groups excluding carboxylic acids is 2. The first kappa shape index (κ1) is 12.6. The Hall–Kier alpha value is -1.84. The fourth-order valence-corrected chi connectivity index (χ4v) is 1.99. The highest BCUT2D eigenvalue weighted by molar-refractivity contribution is 5.94. The Morgan fingerprint density at radius 3 is 1.94 bits per heavy atom. The predicted octanol–water partition coefficient (Wildman–Crippen LogP) is 2.42. The van der Waals surface area contributed by atoms with E-state index < -0.39 is 5.60 Å². The zero-order valence-electron chi connectivity index (χ0n) is 11.2. The van der Waals surface area contributed by atoms with Gasteiger partial charge in [0, 0.05) is 22.8 Å². The van der Waals surface area contributed by atoms with Gasteiger partial charge in [-0.2, -0.15) is 0 Å². The van der Waals surface area contributed by atoms with Crippen LogP contribution in [-0.4, -0.2) is 17.5 Å². The summed E-state index contributed by atoms with van der Waals surface area (Å²) in [6.07, 6.45) is 1.69. The van der Waals surface area contributed by atoms with Crippen molar-refractivity contribution in [2.75, 3.05) is 0 Å². The molecule has 2 aliphatic rings. The lowest BCUT2D eigenvalue weighted by Gasteiger charge is -2.21. The van der Waals surface area contributed by atoms with Gasteiger partial charge in [0.05, 0.1) is 0 Å². The van der Waals surface area contributed by atoms with Gasteiger partial charge in [-0.05, 0) is 40.2 Å². The van der Waals surface area contributed by atoms with Gasteiger partial charge in [0.15, 0.2) is 5.60 Å². The average Bonchev–Trinajstić information content (AvgIpc) is 2.64. The van der Waals surface area contributed by atoms with Crippen molar-refractivity contribution in [3.05, 3.63) is 34.1 Å². The van der Waals surface area contributed by atoms with Crippen LogP contribution in [0.4, 0.5) is 0 Å². The SMILES string of the molecule is CC1=C(C)/C(=C/C2(C)OC(=O)C(C)=C2C)OC1=O. The molecule has 0 fully saturated rings. The van der Waals surface area contributed by atoms with E-state index in [4.69, 9.17) is 9.47 Å². The fraction of sp³-hybridized carbons (Fsp3) is 0.429. The van der Waals surface area contributed by atoms with E-state index in [1.807, 2.05) is 13.8 Å². The summed E-state index contributed by atoms with van der Waals surface area (Å²) in [6.45, 7) is 8.90. The molecule has 0 saturated carbocycles. The van der Waals surface area contributed by atoms with E-state index in [9.17, 15) is 9.59 Å². The molecule has 0 saturated heterocycles. The number of allylic oxidation sites excluding steroid dienone is 1. The van der Waals surface area contributed by atoms with Crippen LogP contribution in [0.1, 0.15) is 34.6 Å². The maximum Gasteiger partial charge on any atom is 0.339 e. The zero-order valence-corrected chi connectivity index (χ0v) is 11.2. The van der Waals surface area contributed by atoms with Gasteiger partial charge in [-0.3, -0.25) is 0 Å². The van der Waals surface area contributed by atoms with E-state index in [1.54, 1.807) is 26.8 Å². The first-order valence-electron chi connectivity index (χ1n) is 5.80. The molecule has 96 valence electrons. The van der Waals surface area contributed by atoms with Crippen LogP contribution in [0.2, 0.25) is 0 Å². The number of rotatable bonds is 1. The third-order valence-corrected chi connectivity index (χ3v) is 3.77. The molecule has 0 aromatic heterocycles. The molecule has 0 amide bonds. The van der Waals surface area contributed by atoms with Crippen molar-refractivity contribution < 1.29 is 19.1 Å². The van der Waals surface area contributed by atoms with Crippen LogP contribution in [0, 0.1) is 0 Å². The molecule has 0 bridgehead atoms. The Kier molecular flexibility index (Phi) is 2.69. The Bertz CT molecular complexity index is 548. The maximum absolute atomic E-state index is 11.6. The quantitative estimate of drug-likeness (QED) is 0.669. The van der Waals surface area contributed by atoms with E-state index in [2.05, 4.69) is 0 Å². The Labute approximate surface area is 106 Å². The van der Waals surface area contributed by atoms with E-state index in [-0.39, 0.29) is 11.9 Å². The lowest BCUT2D eigenvalue weighted by Crippen LogP contribution is -2.25. The van der Waals surface area contributed by atoms with Crippen molar-refractivity contribution in [1.82, 2.24) is 0 Å². The number of hydrogen-bond donors (Lipinski definition) is 0. The molecule has 0 aromatic rings. The lowest BCUT2D eigenvalue weighted by molar-refractivity contribution is -0.142. The summed E-state index contributed by atoms with van der Waals surface area (Å²) in [5, 5.41) is 0. The molecule has 0 aliphatic carbocycles. The summed E-state index contributed by atoms with van der Waals surface area (Å²) < 4.78 is 10.5. The van der Waals surface area contributed by atoms with Crippen LogP contribution in [0.25, 0.3) is 0 Å². The molecule has 0 aromatic carbocycles. The monoisotopic (exact) mass is 248 g/mol. The highest BCUT2D eigenvalue weighted by Crippen LogP contribution is 2.37. The van der Waals surface area contributed by atoms with Gasteiger partial charge >= 0.3 is 11.9 Å². The second-order valence-electron chi connectivity index (χ2n) is 4.89. The predicted molar refractivity (Wildman–Crippen MR) is 65.4 cm³/mol. The molecule has 2 aliphatic heterocycles. The molecule has 2 rings (SSSR count). The largest absolute Gasteiger partial charge is 0.447 e. The van der Waals surface area contributed by atoms with E-state index in [1.165, 1.54) is 0 Å². The summed E-state index contributed by atoms with van der Waals surface area (Å²) in [5.41, 5.74) is 2.00. The smallest absolute Gasteiger partial charge is 0.339 e. The molecule has 4 heteroatoms. The van der Waals surface area contributed by atoms with E-state index in [0.717, 1.165) is 11.1 Å². The molecule has 0 spiro atoms. The molecular formula is C14H16O4. The van der Waals surface area contributed by atoms with Gasteiger partial charge in [0.2, 0.25) is 0 Å². The first-order chi connectivity index (χ1) is 8.26. The highest BCUT2D eigenvalue weighted by atomic mass is 16.6. The molecule has 2 heterocycles. The second kappa shape index (κ2) is 3.83. The van der Waals surface area contributed by atoms with Crippen molar-refractivity contribution in [1.29, 1.82) is 0 Å². The molecule has 0 radical (unpaired) electrons. The molecule has 1 unspecified atom stereocenters. The van der Waals surface area contributed by atoms with Gasteiger partial charge in [-0.15, -0.1) is 0 Å². The number of ether oxygens (including phenoxy) is 2. The van der Waals surface area contributed by atoms with Crippen LogP contribution in [0.5, 0.6) is 0 Å². The van der Waals surface area contributed by atoms with Crippen molar-refractivity contribution >= 4 is 11.9 Å². The van der Waals surface area contributed by atoms with Gasteiger partial charge < -0.3 is 9.47 Å². The van der Waals surface area contributed by atoms with E-state index >= 15 is 0 Å². The normalized spacial score (nSPS) is 30.4. The standard InChI is InChI=1S/C14H16O4/c1-7-8(2)12(15)17-11(7)6-14(5)10(4)9(3)13(16)18-14/h6H,1-5H3/b11-6-. The summed E-state index contributed by atoms with van der Waals surface area (Å²) >= 11 is 0. The molecule has 1 atom stereocenters. The maximum atomic E-state index is 11.6. The van der Waals surface area contributed by atoms with Crippen LogP contribution in [-0.2, 0) is 19.1 Å². The van der Waals surface area contributed by atoms with Crippen LogP contribution in [0.15, 0.2) is 34.1 Å². The molecular weight excluding hydrogens is 232 g/mol. The topological polar surface area (TPSA) is 52.6 Å². The Morgan fingerprint density at radius 1 is 0.944 bits per heavy atom. The number of hydrogen-bond acceptors (Lipinski definition) is 4. The van der Waals surface area contributed by atoms with E-state index in [0.29, 0.717) is 16.9 Å². The third-order valence-electron chi connectivity index (χ3n) is 3.77. The minimum Gasteiger partial charge on any atom is -0.447 e. The summed E-state index contributed by atoms with van der Waals surface area (Å²) in [5.74, 6) is -0.193. The Morgan fingerprint density at radius 2 is 1.56 bits per heavy atom. The lowest BCUT2D eigenvalue weighted by atomic mass is 9.94. The number of esters is 2. The van der Waals surface area contributed by atoms with Crippen molar-refractivity contribution in [2.45, 2.75) is 40.2 Å². The zero-order chi connectivity index (χ0) is 13.7. The summed E-state index contributed by atoms with van der Waals surface area (Å²) in [7, 11) is 0. The van der Waals surface area contributed by atoms with Crippen LogP contribution < -0.4 is 0 Å². The average molecular weight is 248 g/mol. The minimum atomic E-state index is -0.831. The fourth-order valence-electron chi connectivity index (χ4n) is 1.99. The summed E-state index contributed by atoms with van der Waals surface area (Å²) in [6, 6.07) is 0. The number of carbonyl (C=O) groups is 2. The Balaban J connectivity index is 2.43. The van der Waals surface area contributed by atoms with Crippen molar-refractivity contribution in [3.63, 3.8) is 0 Å². The second-order valence-corrected chi connectivity index (χ2v) is 4.89. The van der Waals surface area contributed by atoms with Gasteiger partial charge in [-0.25, -0.2) is 9.59 Å². The highest BCUT2D eigenvalue weighted by Gasteiger charge is 2.40.